The molecule has 20 heavy (non-hydrogen) atoms. The minimum absolute atomic E-state index is 0.102. The molecule has 1 aliphatic rings. The molecule has 0 N–H and O–H groups in total. The van der Waals surface area contributed by atoms with Crippen LogP contribution in [0.3, 0.4) is 0 Å². The van der Waals surface area contributed by atoms with Gasteiger partial charge in [0.2, 0.25) is 0 Å². The molecule has 1 fully saturated rings. The van der Waals surface area contributed by atoms with E-state index in [0.717, 1.165) is 55.3 Å². The highest BCUT2D eigenvalue weighted by molar-refractivity contribution is 6.20. The molecule has 0 aromatic carbocycles. The first-order chi connectivity index (χ1) is 9.61. The summed E-state index contributed by atoms with van der Waals surface area (Å²) in [6.07, 6.45) is 1.99. The Labute approximate surface area is 123 Å². The summed E-state index contributed by atoms with van der Waals surface area (Å²) in [5.74, 6) is 1.48. The van der Waals surface area contributed by atoms with Crippen molar-refractivity contribution in [1.82, 2.24) is 19.3 Å². The molecule has 2 aromatic rings. The number of nitrogens with zero attached hydrogens (tertiary/aromatic N) is 4. The molecule has 1 saturated heterocycles. The van der Waals surface area contributed by atoms with Crippen molar-refractivity contribution < 1.29 is 4.74 Å². The monoisotopic (exact) mass is 296 g/mol. The van der Waals surface area contributed by atoms with Gasteiger partial charge in [-0.1, -0.05) is 6.92 Å². The van der Waals surface area contributed by atoms with E-state index >= 15 is 0 Å². The second kappa shape index (κ2) is 5.37. The Morgan fingerprint density at radius 3 is 2.90 bits per heavy atom. The molecule has 0 saturated carbocycles. The van der Waals surface area contributed by atoms with Crippen molar-refractivity contribution in [1.29, 1.82) is 0 Å². The van der Waals surface area contributed by atoms with E-state index < -0.39 is 0 Å². The molecule has 3 heterocycles. The van der Waals surface area contributed by atoms with Gasteiger partial charge in [-0.15, -0.1) is 11.6 Å². The molecule has 0 bridgehead atoms. The summed E-state index contributed by atoms with van der Waals surface area (Å²) < 4.78 is 9.65. The number of ether oxygens (including phenoxy) is 1. The lowest BCUT2D eigenvalue weighted by molar-refractivity contribution is 0.182. The van der Waals surface area contributed by atoms with Gasteiger partial charge in [-0.2, -0.15) is 5.10 Å². The zero-order valence-electron chi connectivity index (χ0n) is 12.3. The fourth-order valence-electron chi connectivity index (χ4n) is 2.97. The predicted octanol–water partition coefficient (Wildman–Crippen LogP) is 2.67. The van der Waals surface area contributed by atoms with Gasteiger partial charge in [0.25, 0.3) is 0 Å². The lowest BCUT2D eigenvalue weighted by Gasteiger charge is -2.14. The summed E-state index contributed by atoms with van der Waals surface area (Å²) in [7, 11) is 1.98. The van der Waals surface area contributed by atoms with Gasteiger partial charge in [-0.3, -0.25) is 4.68 Å². The van der Waals surface area contributed by atoms with E-state index in [1.165, 1.54) is 0 Å². The number of hydrogen-bond donors (Lipinski definition) is 0. The molecule has 0 aliphatic carbocycles. The molecule has 6 heteroatoms. The summed E-state index contributed by atoms with van der Waals surface area (Å²) in [5.41, 5.74) is 3.12. The van der Waals surface area contributed by atoms with Crippen LogP contribution in [0.15, 0.2) is 0 Å². The molecule has 0 amide bonds. The van der Waals surface area contributed by atoms with E-state index in [0.29, 0.717) is 5.92 Å². The molecular formula is C14H21ClN4O. The van der Waals surface area contributed by atoms with Crippen LogP contribution >= 0.6 is 11.6 Å². The average molecular weight is 297 g/mol. The number of fused-ring (bicyclic) bond motifs is 1. The first-order valence-electron chi connectivity index (χ1n) is 7.25. The molecule has 5 nitrogen and oxygen atoms in total. The Kier molecular flexibility index (Phi) is 3.73. The Morgan fingerprint density at radius 1 is 1.50 bits per heavy atom. The maximum Gasteiger partial charge on any atom is 0.158 e. The second-order valence-corrected chi connectivity index (χ2v) is 6.18. The van der Waals surface area contributed by atoms with E-state index in [4.69, 9.17) is 21.3 Å². The van der Waals surface area contributed by atoms with Crippen LogP contribution in [0.25, 0.3) is 11.2 Å². The quantitative estimate of drug-likeness (QED) is 0.815. The third-order valence-corrected chi connectivity index (χ3v) is 4.17. The number of alkyl halides is 1. The highest BCUT2D eigenvalue weighted by atomic mass is 35.5. The van der Waals surface area contributed by atoms with Crippen LogP contribution in [-0.4, -0.2) is 32.5 Å². The van der Waals surface area contributed by atoms with Crippen molar-refractivity contribution in [3.63, 3.8) is 0 Å². The molecule has 3 rings (SSSR count). The molecule has 1 aliphatic heterocycles. The van der Waals surface area contributed by atoms with Gasteiger partial charge in [0.15, 0.2) is 5.65 Å². The summed E-state index contributed by atoms with van der Waals surface area (Å²) in [6.45, 7) is 6.68. The maximum absolute atomic E-state index is 6.33. The van der Waals surface area contributed by atoms with Crippen LogP contribution in [0.4, 0.5) is 0 Å². The summed E-state index contributed by atoms with van der Waals surface area (Å²) >= 11 is 6.33. The average Bonchev–Trinajstić information content (AvgIpc) is 3.08. The number of rotatable bonds is 4. The minimum atomic E-state index is -0.102. The highest BCUT2D eigenvalue weighted by Gasteiger charge is 2.24. The highest BCUT2D eigenvalue weighted by Crippen LogP contribution is 2.28. The third-order valence-electron chi connectivity index (χ3n) is 3.98. The van der Waals surface area contributed by atoms with Crippen molar-refractivity contribution in [3.05, 3.63) is 11.5 Å². The number of aryl methyl sites for hydroxylation is 2. The lowest BCUT2D eigenvalue weighted by atomic mass is 10.1. The Morgan fingerprint density at radius 2 is 2.30 bits per heavy atom. The summed E-state index contributed by atoms with van der Waals surface area (Å²) in [5, 5.41) is 4.46. The van der Waals surface area contributed by atoms with Crippen molar-refractivity contribution in [3.8, 4) is 0 Å². The number of hydrogen-bond acceptors (Lipinski definition) is 3. The SMILES string of the molecule is CCc1nn(C)c2c1nc(C(C)Cl)n2CC1CCOC1. The number of aromatic nitrogens is 4. The van der Waals surface area contributed by atoms with Crippen LogP contribution in [-0.2, 0) is 24.8 Å². The van der Waals surface area contributed by atoms with Gasteiger partial charge in [-0.25, -0.2) is 4.98 Å². The normalized spacial score (nSPS) is 20.9. The first-order valence-corrected chi connectivity index (χ1v) is 7.69. The van der Waals surface area contributed by atoms with Gasteiger partial charge in [0, 0.05) is 26.1 Å². The first kappa shape index (κ1) is 13.9. The van der Waals surface area contributed by atoms with E-state index in [1.54, 1.807) is 0 Å². The predicted molar refractivity (Wildman–Crippen MR) is 79.1 cm³/mol. The third kappa shape index (κ3) is 2.23. The standard InChI is InChI=1S/C14H21ClN4O/c1-4-11-12-14(18(3)17-11)19(13(16-12)9(2)15)7-10-5-6-20-8-10/h9-10H,4-8H2,1-3H3. The minimum Gasteiger partial charge on any atom is -0.381 e. The van der Waals surface area contributed by atoms with E-state index in [9.17, 15) is 0 Å². The second-order valence-electron chi connectivity index (χ2n) is 5.52. The van der Waals surface area contributed by atoms with E-state index in [1.807, 2.05) is 18.7 Å². The largest absolute Gasteiger partial charge is 0.381 e. The van der Waals surface area contributed by atoms with Crippen LogP contribution < -0.4 is 0 Å². The zero-order chi connectivity index (χ0) is 14.3. The van der Waals surface area contributed by atoms with Crippen LogP contribution in [0.5, 0.6) is 0 Å². The van der Waals surface area contributed by atoms with Crippen LogP contribution in [0.2, 0.25) is 0 Å². The topological polar surface area (TPSA) is 44.9 Å². The van der Waals surface area contributed by atoms with Gasteiger partial charge in [0.1, 0.15) is 11.3 Å². The van der Waals surface area contributed by atoms with E-state index in [2.05, 4.69) is 16.6 Å². The summed E-state index contributed by atoms with van der Waals surface area (Å²) in [6, 6.07) is 0. The molecular weight excluding hydrogens is 276 g/mol. The molecule has 110 valence electrons. The molecule has 0 radical (unpaired) electrons. The van der Waals surface area contributed by atoms with Crippen LogP contribution in [0, 0.1) is 5.92 Å². The van der Waals surface area contributed by atoms with Gasteiger partial charge < -0.3 is 9.30 Å². The van der Waals surface area contributed by atoms with E-state index in [-0.39, 0.29) is 5.38 Å². The molecule has 2 atom stereocenters. The van der Waals surface area contributed by atoms with Crippen molar-refractivity contribution >= 4 is 22.8 Å². The van der Waals surface area contributed by atoms with Gasteiger partial charge in [0.05, 0.1) is 17.7 Å². The Hall–Kier alpha value is -1.07. The van der Waals surface area contributed by atoms with Crippen LogP contribution in [0.1, 0.15) is 37.2 Å². The Balaban J connectivity index is 2.10. The smallest absolute Gasteiger partial charge is 0.158 e. The fraction of sp³-hybridized carbons (Fsp3) is 0.714. The molecule has 0 spiro atoms. The molecule has 2 unspecified atom stereocenters. The summed E-state index contributed by atoms with van der Waals surface area (Å²) in [4.78, 5) is 4.75. The van der Waals surface area contributed by atoms with Crippen molar-refractivity contribution in [2.24, 2.45) is 13.0 Å². The van der Waals surface area contributed by atoms with Gasteiger partial charge >= 0.3 is 0 Å². The zero-order valence-corrected chi connectivity index (χ0v) is 13.0. The van der Waals surface area contributed by atoms with Gasteiger partial charge in [-0.05, 0) is 19.8 Å². The molecule has 2 aromatic heterocycles. The number of halogens is 1. The van der Waals surface area contributed by atoms with Crippen molar-refractivity contribution in [2.75, 3.05) is 13.2 Å². The maximum atomic E-state index is 6.33. The fourth-order valence-corrected chi connectivity index (χ4v) is 3.13. The number of imidazole rings is 1. The Bertz CT molecular complexity index is 610. The van der Waals surface area contributed by atoms with Crippen molar-refractivity contribution in [2.45, 2.75) is 38.6 Å². The lowest BCUT2D eigenvalue weighted by Crippen LogP contribution is -2.15.